The van der Waals surface area contributed by atoms with Crippen molar-refractivity contribution in [3.05, 3.63) is 24.0 Å². The molecule has 0 radical (unpaired) electrons. The molecule has 5 heteroatoms. The first-order valence-corrected chi connectivity index (χ1v) is 7.68. The molecule has 1 aliphatic carbocycles. The van der Waals surface area contributed by atoms with Crippen LogP contribution in [0.2, 0.25) is 0 Å². The van der Waals surface area contributed by atoms with E-state index in [2.05, 4.69) is 17.2 Å². The van der Waals surface area contributed by atoms with Crippen LogP contribution in [0.3, 0.4) is 0 Å². The maximum atomic E-state index is 6.07. The third-order valence-electron chi connectivity index (χ3n) is 3.74. The molecule has 1 N–H and O–H groups in total. The minimum Gasteiger partial charge on any atom is -0.486 e. The number of rotatable bonds is 9. The molecule has 0 aliphatic heterocycles. The van der Waals surface area contributed by atoms with Crippen LogP contribution in [0, 0.1) is 6.92 Å². The number of nitrogens with zero attached hydrogens (tertiary/aromatic N) is 1. The molecule has 1 saturated carbocycles. The molecule has 118 valence electrons. The minimum absolute atomic E-state index is 0.0753. The fourth-order valence-corrected chi connectivity index (χ4v) is 2.47. The van der Waals surface area contributed by atoms with Crippen molar-refractivity contribution in [3.63, 3.8) is 0 Å². The summed E-state index contributed by atoms with van der Waals surface area (Å²) in [6.07, 6.45) is 4.02. The Morgan fingerprint density at radius 2 is 2.24 bits per heavy atom. The van der Waals surface area contributed by atoms with E-state index in [0.29, 0.717) is 19.3 Å². The van der Waals surface area contributed by atoms with Crippen molar-refractivity contribution in [2.75, 3.05) is 26.9 Å². The molecule has 2 rings (SSSR count). The van der Waals surface area contributed by atoms with Crippen LogP contribution < -0.4 is 10.1 Å². The van der Waals surface area contributed by atoms with Gasteiger partial charge in [-0.25, -0.2) is 0 Å². The summed E-state index contributed by atoms with van der Waals surface area (Å²) in [5.41, 5.74) is 0.915. The van der Waals surface area contributed by atoms with Crippen molar-refractivity contribution < 1.29 is 14.2 Å². The number of aromatic nitrogens is 1. The molecule has 1 fully saturated rings. The quantitative estimate of drug-likeness (QED) is 0.705. The van der Waals surface area contributed by atoms with Crippen molar-refractivity contribution >= 4 is 0 Å². The van der Waals surface area contributed by atoms with Crippen molar-refractivity contribution in [2.45, 2.75) is 44.9 Å². The topological polar surface area (TPSA) is 52.6 Å². The van der Waals surface area contributed by atoms with E-state index >= 15 is 0 Å². The van der Waals surface area contributed by atoms with Gasteiger partial charge in [-0.2, -0.15) is 0 Å². The van der Waals surface area contributed by atoms with E-state index in [0.717, 1.165) is 30.8 Å². The molecule has 0 spiro atoms. The summed E-state index contributed by atoms with van der Waals surface area (Å²) in [6.45, 7) is 6.33. The third kappa shape index (κ3) is 4.40. The predicted molar refractivity (Wildman–Crippen MR) is 81.7 cm³/mol. The number of ether oxygens (including phenoxy) is 3. The monoisotopic (exact) mass is 294 g/mol. The van der Waals surface area contributed by atoms with Gasteiger partial charge in [0.15, 0.2) is 0 Å². The Kier molecular flexibility index (Phi) is 6.42. The van der Waals surface area contributed by atoms with Crippen LogP contribution in [-0.4, -0.2) is 50.1 Å². The molecule has 0 aromatic carbocycles. The lowest BCUT2D eigenvalue weighted by atomic mass is 9.85. The standard InChI is InChI=1S/C16H26N2O3/c1-4-7-18-13-11-15(16(13)20-10-9-19-3)21-14-6-5-8-17-12(14)2/h5-6,8,13,15-16,18H,4,7,9-11H2,1-3H3. The average molecular weight is 294 g/mol. The first-order valence-electron chi connectivity index (χ1n) is 7.68. The van der Waals surface area contributed by atoms with Crippen LogP contribution in [0.4, 0.5) is 0 Å². The molecule has 3 atom stereocenters. The number of nitrogens with one attached hydrogen (secondary N) is 1. The summed E-state index contributed by atoms with van der Waals surface area (Å²) in [6, 6.07) is 4.22. The van der Waals surface area contributed by atoms with Gasteiger partial charge in [0.25, 0.3) is 0 Å². The SMILES string of the molecule is CCCNC1CC(Oc2cccnc2C)C1OCCOC. The Bertz CT molecular complexity index is 428. The molecule has 1 aromatic rings. The minimum atomic E-state index is 0.0753. The van der Waals surface area contributed by atoms with E-state index in [1.807, 2.05) is 19.1 Å². The molecule has 0 amide bonds. The van der Waals surface area contributed by atoms with E-state index in [9.17, 15) is 0 Å². The van der Waals surface area contributed by atoms with E-state index in [4.69, 9.17) is 14.2 Å². The number of hydrogen-bond donors (Lipinski definition) is 1. The van der Waals surface area contributed by atoms with Crippen LogP contribution >= 0.6 is 0 Å². The fourth-order valence-electron chi connectivity index (χ4n) is 2.47. The molecule has 5 nitrogen and oxygen atoms in total. The fraction of sp³-hybridized carbons (Fsp3) is 0.688. The third-order valence-corrected chi connectivity index (χ3v) is 3.74. The number of hydrogen-bond acceptors (Lipinski definition) is 5. The highest BCUT2D eigenvalue weighted by Gasteiger charge is 2.43. The van der Waals surface area contributed by atoms with Crippen molar-refractivity contribution in [1.82, 2.24) is 10.3 Å². The second kappa shape index (κ2) is 8.32. The van der Waals surface area contributed by atoms with Gasteiger partial charge in [-0.3, -0.25) is 4.98 Å². The van der Waals surface area contributed by atoms with Crippen LogP contribution in [-0.2, 0) is 9.47 Å². The normalized spacial score (nSPS) is 24.6. The van der Waals surface area contributed by atoms with Crippen LogP contribution in [0.15, 0.2) is 18.3 Å². The van der Waals surface area contributed by atoms with Gasteiger partial charge >= 0.3 is 0 Å². The van der Waals surface area contributed by atoms with Gasteiger partial charge in [-0.15, -0.1) is 0 Å². The van der Waals surface area contributed by atoms with Gasteiger partial charge in [-0.1, -0.05) is 6.92 Å². The molecule has 0 bridgehead atoms. The largest absolute Gasteiger partial charge is 0.486 e. The van der Waals surface area contributed by atoms with Crippen molar-refractivity contribution in [2.24, 2.45) is 0 Å². The van der Waals surface area contributed by atoms with Gasteiger partial charge in [0, 0.05) is 25.8 Å². The molecule has 1 heterocycles. The molecular weight excluding hydrogens is 268 g/mol. The number of methoxy groups -OCH3 is 1. The zero-order chi connectivity index (χ0) is 15.1. The highest BCUT2D eigenvalue weighted by Crippen LogP contribution is 2.30. The summed E-state index contributed by atoms with van der Waals surface area (Å²) in [5, 5.41) is 3.51. The van der Waals surface area contributed by atoms with Gasteiger partial charge in [0.05, 0.1) is 18.9 Å². The average Bonchev–Trinajstić information content (AvgIpc) is 2.48. The molecular formula is C16H26N2O3. The molecule has 1 aliphatic rings. The van der Waals surface area contributed by atoms with E-state index in [-0.39, 0.29) is 12.2 Å². The van der Waals surface area contributed by atoms with E-state index in [1.165, 1.54) is 0 Å². The Morgan fingerprint density at radius 3 is 2.95 bits per heavy atom. The lowest BCUT2D eigenvalue weighted by Gasteiger charge is -2.44. The summed E-state index contributed by atoms with van der Waals surface area (Å²) >= 11 is 0. The maximum absolute atomic E-state index is 6.07. The van der Waals surface area contributed by atoms with Gasteiger partial charge in [-0.05, 0) is 32.0 Å². The first kappa shape index (κ1) is 16.2. The molecule has 0 saturated heterocycles. The van der Waals surface area contributed by atoms with Gasteiger partial charge < -0.3 is 19.5 Å². The second-order valence-corrected chi connectivity index (χ2v) is 5.37. The number of aryl methyl sites for hydroxylation is 1. The summed E-state index contributed by atoms with van der Waals surface area (Å²) in [4.78, 5) is 4.26. The summed E-state index contributed by atoms with van der Waals surface area (Å²) in [5.74, 6) is 0.844. The molecule has 21 heavy (non-hydrogen) atoms. The number of pyridine rings is 1. The highest BCUT2D eigenvalue weighted by atomic mass is 16.6. The van der Waals surface area contributed by atoms with Crippen LogP contribution in [0.5, 0.6) is 5.75 Å². The zero-order valence-electron chi connectivity index (χ0n) is 13.2. The van der Waals surface area contributed by atoms with E-state index < -0.39 is 0 Å². The van der Waals surface area contributed by atoms with Crippen molar-refractivity contribution in [1.29, 1.82) is 0 Å². The van der Waals surface area contributed by atoms with Gasteiger partial charge in [0.1, 0.15) is 18.0 Å². The van der Waals surface area contributed by atoms with Crippen LogP contribution in [0.25, 0.3) is 0 Å². The Morgan fingerprint density at radius 1 is 1.38 bits per heavy atom. The van der Waals surface area contributed by atoms with Crippen molar-refractivity contribution in [3.8, 4) is 5.75 Å². The summed E-state index contributed by atoms with van der Waals surface area (Å²) in [7, 11) is 1.68. The molecule has 3 unspecified atom stereocenters. The Balaban J connectivity index is 1.90. The smallest absolute Gasteiger partial charge is 0.141 e. The maximum Gasteiger partial charge on any atom is 0.141 e. The Labute approximate surface area is 127 Å². The van der Waals surface area contributed by atoms with E-state index in [1.54, 1.807) is 13.3 Å². The summed E-state index contributed by atoms with van der Waals surface area (Å²) < 4.78 is 17.0. The van der Waals surface area contributed by atoms with Crippen LogP contribution in [0.1, 0.15) is 25.5 Å². The second-order valence-electron chi connectivity index (χ2n) is 5.37. The first-order chi connectivity index (χ1) is 10.3. The lowest BCUT2D eigenvalue weighted by molar-refractivity contribution is -0.115. The molecule has 1 aromatic heterocycles. The van der Waals surface area contributed by atoms with Gasteiger partial charge in [0.2, 0.25) is 0 Å². The Hall–Kier alpha value is -1.17. The highest BCUT2D eigenvalue weighted by molar-refractivity contribution is 5.26. The predicted octanol–water partition coefficient (Wildman–Crippen LogP) is 1.94. The zero-order valence-corrected chi connectivity index (χ0v) is 13.2. The lowest BCUT2D eigenvalue weighted by Crippen LogP contribution is -2.61.